The van der Waals surface area contributed by atoms with E-state index < -0.39 is 6.43 Å². The summed E-state index contributed by atoms with van der Waals surface area (Å²) in [4.78, 5) is 0. The second kappa shape index (κ2) is 9.82. The molecule has 7 heteroatoms. The Kier molecular flexibility index (Phi) is 6.71. The molecule has 4 rings (SSSR count). The van der Waals surface area contributed by atoms with Crippen LogP contribution >= 0.6 is 0 Å². The molecule has 0 amide bonds. The molecule has 1 saturated heterocycles. The zero-order valence-corrected chi connectivity index (χ0v) is 16.4. The summed E-state index contributed by atoms with van der Waals surface area (Å²) >= 11 is 0. The van der Waals surface area contributed by atoms with Crippen LogP contribution in [0.15, 0.2) is 59.1 Å². The molecule has 2 aromatic carbocycles. The maximum Gasteiger partial charge on any atom is 0.269 e. The summed E-state index contributed by atoms with van der Waals surface area (Å²) in [7, 11) is 0. The SMILES string of the molecule is FC(F)c1c(COC2CCCOC2)noc1-c1ccc(OCc2ccccc2)cc1. The number of hydrogen-bond acceptors (Lipinski definition) is 5. The van der Waals surface area contributed by atoms with Gasteiger partial charge in [-0.1, -0.05) is 35.5 Å². The summed E-state index contributed by atoms with van der Waals surface area (Å²) in [6.07, 6.45) is -1.08. The number of halogens is 2. The number of aromatic nitrogens is 1. The Bertz CT molecular complexity index is 922. The van der Waals surface area contributed by atoms with Crippen molar-refractivity contribution >= 4 is 0 Å². The lowest BCUT2D eigenvalue weighted by molar-refractivity contribution is -0.0586. The third-order valence-electron chi connectivity index (χ3n) is 4.96. The Balaban J connectivity index is 1.44. The van der Waals surface area contributed by atoms with E-state index in [1.165, 1.54) is 0 Å². The Labute approximate surface area is 173 Å². The third-order valence-corrected chi connectivity index (χ3v) is 4.96. The van der Waals surface area contributed by atoms with Crippen molar-refractivity contribution in [1.82, 2.24) is 5.16 Å². The summed E-state index contributed by atoms with van der Waals surface area (Å²) in [5.74, 6) is 0.694. The van der Waals surface area contributed by atoms with Gasteiger partial charge in [0.05, 0.1) is 24.9 Å². The number of hydrogen-bond donors (Lipinski definition) is 0. The van der Waals surface area contributed by atoms with Crippen molar-refractivity contribution in [1.29, 1.82) is 0 Å². The largest absolute Gasteiger partial charge is 0.489 e. The van der Waals surface area contributed by atoms with Gasteiger partial charge in [-0.2, -0.15) is 0 Å². The first kappa shape index (κ1) is 20.5. The van der Waals surface area contributed by atoms with E-state index in [1.807, 2.05) is 30.3 Å². The maximum atomic E-state index is 13.8. The molecule has 0 bridgehead atoms. The molecule has 5 nitrogen and oxygen atoms in total. The molecule has 1 fully saturated rings. The van der Waals surface area contributed by atoms with Crippen molar-refractivity contribution in [2.24, 2.45) is 0 Å². The lowest BCUT2D eigenvalue weighted by Gasteiger charge is -2.22. The number of nitrogens with zero attached hydrogens (tertiary/aromatic N) is 1. The van der Waals surface area contributed by atoms with Crippen molar-refractivity contribution in [3.8, 4) is 17.1 Å². The molecule has 0 N–H and O–H groups in total. The quantitative estimate of drug-likeness (QED) is 0.483. The Morgan fingerprint density at radius 1 is 1.03 bits per heavy atom. The molecule has 0 spiro atoms. The van der Waals surface area contributed by atoms with Gasteiger partial charge in [0.15, 0.2) is 5.76 Å². The lowest BCUT2D eigenvalue weighted by atomic mass is 10.1. The van der Waals surface area contributed by atoms with Gasteiger partial charge in [-0.05, 0) is 42.7 Å². The van der Waals surface area contributed by atoms with E-state index in [9.17, 15) is 8.78 Å². The minimum atomic E-state index is -2.72. The molecule has 1 unspecified atom stereocenters. The molecule has 158 valence electrons. The highest BCUT2D eigenvalue weighted by Gasteiger charge is 2.26. The average molecular weight is 415 g/mol. The van der Waals surface area contributed by atoms with E-state index >= 15 is 0 Å². The van der Waals surface area contributed by atoms with Crippen LogP contribution in [0.5, 0.6) is 5.75 Å². The predicted octanol–water partition coefficient (Wildman–Crippen LogP) is 5.55. The first-order valence-corrected chi connectivity index (χ1v) is 9.94. The van der Waals surface area contributed by atoms with E-state index in [0.717, 1.165) is 18.4 Å². The topological polar surface area (TPSA) is 53.7 Å². The van der Waals surface area contributed by atoms with E-state index in [0.29, 0.717) is 31.1 Å². The predicted molar refractivity (Wildman–Crippen MR) is 106 cm³/mol. The number of alkyl halides is 2. The fourth-order valence-corrected chi connectivity index (χ4v) is 3.35. The molecular weight excluding hydrogens is 392 g/mol. The van der Waals surface area contributed by atoms with Crippen LogP contribution in [0.2, 0.25) is 0 Å². The zero-order valence-electron chi connectivity index (χ0n) is 16.4. The van der Waals surface area contributed by atoms with Gasteiger partial charge < -0.3 is 18.7 Å². The Hall–Kier alpha value is -2.77. The van der Waals surface area contributed by atoms with Crippen LogP contribution in [0.4, 0.5) is 8.78 Å². The molecule has 30 heavy (non-hydrogen) atoms. The van der Waals surface area contributed by atoms with E-state index in [-0.39, 0.29) is 29.7 Å². The van der Waals surface area contributed by atoms with Crippen molar-refractivity contribution in [2.75, 3.05) is 13.2 Å². The first-order chi connectivity index (χ1) is 14.7. The van der Waals surface area contributed by atoms with E-state index in [4.69, 9.17) is 18.7 Å². The van der Waals surface area contributed by atoms with Crippen LogP contribution in [-0.2, 0) is 22.7 Å². The second-order valence-electron chi connectivity index (χ2n) is 7.12. The third kappa shape index (κ3) is 5.04. The van der Waals surface area contributed by atoms with Crippen LogP contribution in [0, 0.1) is 0 Å². The maximum absolute atomic E-state index is 13.8. The molecule has 1 atom stereocenters. The molecule has 3 aromatic rings. The highest BCUT2D eigenvalue weighted by atomic mass is 19.3. The molecule has 2 heterocycles. The van der Waals surface area contributed by atoms with E-state index in [2.05, 4.69) is 5.16 Å². The van der Waals surface area contributed by atoms with Gasteiger partial charge >= 0.3 is 0 Å². The number of benzene rings is 2. The molecule has 1 aliphatic rings. The highest BCUT2D eigenvalue weighted by Crippen LogP contribution is 2.35. The normalized spacial score (nSPS) is 16.7. The van der Waals surface area contributed by atoms with Crippen LogP contribution < -0.4 is 4.74 Å². The molecule has 1 aromatic heterocycles. The Morgan fingerprint density at radius 2 is 1.83 bits per heavy atom. The van der Waals surface area contributed by atoms with Crippen molar-refractivity contribution in [3.05, 3.63) is 71.4 Å². The fourth-order valence-electron chi connectivity index (χ4n) is 3.35. The lowest BCUT2D eigenvalue weighted by Crippen LogP contribution is -2.25. The van der Waals surface area contributed by atoms with Gasteiger partial charge in [0.25, 0.3) is 6.43 Å². The van der Waals surface area contributed by atoms with Crippen molar-refractivity contribution in [2.45, 2.75) is 38.6 Å². The van der Waals surface area contributed by atoms with E-state index in [1.54, 1.807) is 24.3 Å². The summed E-state index contributed by atoms with van der Waals surface area (Å²) < 4.78 is 49.6. The van der Waals surface area contributed by atoms with Gasteiger partial charge in [-0.3, -0.25) is 0 Å². The molecule has 0 radical (unpaired) electrons. The molecule has 0 saturated carbocycles. The molecule has 1 aliphatic heterocycles. The highest BCUT2D eigenvalue weighted by molar-refractivity contribution is 5.63. The number of ether oxygens (including phenoxy) is 3. The first-order valence-electron chi connectivity index (χ1n) is 9.94. The number of rotatable bonds is 8. The summed E-state index contributed by atoms with van der Waals surface area (Å²) in [5.41, 5.74) is 1.45. The second-order valence-corrected chi connectivity index (χ2v) is 7.12. The van der Waals surface area contributed by atoms with Crippen LogP contribution in [0.25, 0.3) is 11.3 Å². The monoisotopic (exact) mass is 415 g/mol. The minimum absolute atomic E-state index is 0.0323. The van der Waals surface area contributed by atoms with Gasteiger partial charge in [0.2, 0.25) is 0 Å². The summed E-state index contributed by atoms with van der Waals surface area (Å²) in [6.45, 7) is 1.58. The van der Waals surface area contributed by atoms with Crippen LogP contribution in [0.1, 0.15) is 36.1 Å². The van der Waals surface area contributed by atoms with Crippen molar-refractivity contribution < 1.29 is 27.5 Å². The molecule has 0 aliphatic carbocycles. The zero-order chi connectivity index (χ0) is 20.8. The fraction of sp³-hybridized carbons (Fsp3) is 0.348. The van der Waals surface area contributed by atoms with Crippen molar-refractivity contribution in [3.63, 3.8) is 0 Å². The van der Waals surface area contributed by atoms with Gasteiger partial charge in [0.1, 0.15) is 18.1 Å². The standard InChI is InChI=1S/C23H23F2NO4/c24-23(25)21-20(15-29-19-7-4-12-27-14-19)26-30-22(21)17-8-10-18(11-9-17)28-13-16-5-2-1-3-6-16/h1-3,5-6,8-11,19,23H,4,7,12-15H2. The summed E-state index contributed by atoms with van der Waals surface area (Å²) in [6, 6.07) is 16.6. The van der Waals surface area contributed by atoms with Crippen LogP contribution in [-0.4, -0.2) is 24.5 Å². The van der Waals surface area contributed by atoms with Gasteiger partial charge in [-0.25, -0.2) is 8.78 Å². The summed E-state index contributed by atoms with van der Waals surface area (Å²) in [5, 5.41) is 3.84. The van der Waals surface area contributed by atoms with Gasteiger partial charge in [0, 0.05) is 12.2 Å². The minimum Gasteiger partial charge on any atom is -0.489 e. The van der Waals surface area contributed by atoms with Crippen LogP contribution in [0.3, 0.4) is 0 Å². The smallest absolute Gasteiger partial charge is 0.269 e. The Morgan fingerprint density at radius 3 is 2.53 bits per heavy atom. The van der Waals surface area contributed by atoms with Gasteiger partial charge in [-0.15, -0.1) is 0 Å². The average Bonchev–Trinajstić information content (AvgIpc) is 3.22. The molecular formula is C23H23F2NO4.